The second-order valence-electron chi connectivity index (χ2n) is 5.38. The third kappa shape index (κ3) is 2.25. The van der Waals surface area contributed by atoms with Crippen LogP contribution < -0.4 is 0 Å². The summed E-state index contributed by atoms with van der Waals surface area (Å²) >= 11 is 0. The summed E-state index contributed by atoms with van der Waals surface area (Å²) in [6.45, 7) is 7.13. The summed E-state index contributed by atoms with van der Waals surface area (Å²) in [5, 5.41) is 0. The van der Waals surface area contributed by atoms with Gasteiger partial charge in [-0.2, -0.15) is 0 Å². The van der Waals surface area contributed by atoms with Crippen molar-refractivity contribution < 1.29 is 0 Å². The summed E-state index contributed by atoms with van der Waals surface area (Å²) in [4.78, 5) is 0. The Balaban J connectivity index is 2.24. The first-order valence-electron chi connectivity index (χ1n) is 6.26. The van der Waals surface area contributed by atoms with Crippen LogP contribution in [0.3, 0.4) is 0 Å². The highest BCUT2D eigenvalue weighted by atomic mass is 14.3. The monoisotopic (exact) mass is 202 g/mol. The van der Waals surface area contributed by atoms with Gasteiger partial charge in [0.2, 0.25) is 0 Å². The van der Waals surface area contributed by atoms with E-state index in [-0.39, 0.29) is 0 Å². The van der Waals surface area contributed by atoms with Crippen molar-refractivity contribution in [1.29, 1.82) is 0 Å². The minimum absolute atomic E-state index is 0.746. The van der Waals surface area contributed by atoms with Gasteiger partial charge in [0, 0.05) is 0 Å². The molecule has 0 saturated carbocycles. The van der Waals surface area contributed by atoms with Crippen LogP contribution in [-0.4, -0.2) is 0 Å². The second kappa shape index (κ2) is 4.38. The van der Waals surface area contributed by atoms with Gasteiger partial charge in [0.15, 0.2) is 0 Å². The van der Waals surface area contributed by atoms with Gasteiger partial charge in [-0.1, -0.05) is 45.0 Å². The largest absolute Gasteiger partial charge is 0.0625 e. The molecule has 0 N–H and O–H groups in total. The summed E-state index contributed by atoms with van der Waals surface area (Å²) in [5.41, 5.74) is 3.19. The van der Waals surface area contributed by atoms with E-state index in [1.165, 1.54) is 19.3 Å². The first kappa shape index (κ1) is 10.7. The lowest BCUT2D eigenvalue weighted by atomic mass is 9.85. The zero-order chi connectivity index (χ0) is 10.8. The van der Waals surface area contributed by atoms with Crippen molar-refractivity contribution in [2.45, 2.75) is 46.0 Å². The molecule has 1 aromatic rings. The number of benzene rings is 1. The van der Waals surface area contributed by atoms with Crippen LogP contribution >= 0.6 is 0 Å². The molecule has 0 nitrogen and oxygen atoms in total. The number of hydrogen-bond donors (Lipinski definition) is 0. The highest BCUT2D eigenvalue weighted by Gasteiger charge is 2.22. The lowest BCUT2D eigenvalue weighted by Gasteiger charge is -2.21. The van der Waals surface area contributed by atoms with Gasteiger partial charge in [-0.05, 0) is 48.1 Å². The van der Waals surface area contributed by atoms with Crippen molar-refractivity contribution in [3.05, 3.63) is 35.4 Å². The van der Waals surface area contributed by atoms with E-state index < -0.39 is 0 Å². The quantitative estimate of drug-likeness (QED) is 0.592. The molecule has 0 aliphatic heterocycles. The van der Waals surface area contributed by atoms with Crippen LogP contribution in [0.1, 0.15) is 50.7 Å². The van der Waals surface area contributed by atoms with Crippen molar-refractivity contribution in [1.82, 2.24) is 0 Å². The Morgan fingerprint density at radius 3 is 2.67 bits per heavy atom. The highest BCUT2D eigenvalue weighted by molar-refractivity contribution is 5.31. The van der Waals surface area contributed by atoms with E-state index in [0.29, 0.717) is 0 Å². The van der Waals surface area contributed by atoms with Crippen LogP contribution in [-0.2, 0) is 6.42 Å². The second-order valence-corrected chi connectivity index (χ2v) is 5.38. The molecule has 0 saturated heterocycles. The summed E-state index contributed by atoms with van der Waals surface area (Å²) in [6, 6.07) is 9.00. The molecule has 2 rings (SSSR count). The molecule has 1 aromatic carbocycles. The van der Waals surface area contributed by atoms with Gasteiger partial charge in [-0.25, -0.2) is 0 Å². The van der Waals surface area contributed by atoms with Gasteiger partial charge in [-0.3, -0.25) is 0 Å². The molecule has 0 heterocycles. The zero-order valence-corrected chi connectivity index (χ0v) is 10.2. The van der Waals surface area contributed by atoms with E-state index in [9.17, 15) is 0 Å². The third-order valence-corrected chi connectivity index (χ3v) is 3.97. The molecular weight excluding hydrogens is 180 g/mol. The lowest BCUT2D eigenvalue weighted by molar-refractivity contribution is 0.328. The molecule has 2 unspecified atom stereocenters. The van der Waals surface area contributed by atoms with E-state index in [4.69, 9.17) is 0 Å². The molecule has 0 amide bonds. The maximum Gasteiger partial charge on any atom is -0.0185 e. The smallest absolute Gasteiger partial charge is 0.0185 e. The van der Waals surface area contributed by atoms with Crippen LogP contribution in [0.25, 0.3) is 0 Å². The average molecular weight is 202 g/mol. The van der Waals surface area contributed by atoms with Crippen LogP contribution in [0, 0.1) is 11.8 Å². The Bertz CT molecular complexity index is 325. The van der Waals surface area contributed by atoms with Gasteiger partial charge < -0.3 is 0 Å². The van der Waals surface area contributed by atoms with Crippen LogP contribution in [0.2, 0.25) is 0 Å². The zero-order valence-electron chi connectivity index (χ0n) is 10.2. The molecule has 1 aliphatic carbocycles. The molecule has 0 aromatic heterocycles. The van der Waals surface area contributed by atoms with Crippen molar-refractivity contribution in [3.63, 3.8) is 0 Å². The number of rotatable bonds is 1. The number of fused-ring (bicyclic) bond motifs is 1. The van der Waals surface area contributed by atoms with E-state index in [1.54, 1.807) is 11.1 Å². The Hall–Kier alpha value is -0.780. The first-order valence-corrected chi connectivity index (χ1v) is 6.26. The SMILES string of the molecule is CC1CC(C(C)C)CCc2ccccc21. The summed E-state index contributed by atoms with van der Waals surface area (Å²) < 4.78 is 0. The van der Waals surface area contributed by atoms with Crippen LogP contribution in [0.5, 0.6) is 0 Å². The Kier molecular flexibility index (Phi) is 3.14. The maximum atomic E-state index is 2.39. The molecule has 0 heteroatoms. The third-order valence-electron chi connectivity index (χ3n) is 3.97. The van der Waals surface area contributed by atoms with Crippen LogP contribution in [0.15, 0.2) is 24.3 Å². The molecular formula is C15H22. The van der Waals surface area contributed by atoms with Gasteiger partial charge in [0.05, 0.1) is 0 Å². The molecule has 0 radical (unpaired) electrons. The van der Waals surface area contributed by atoms with Gasteiger partial charge in [0.25, 0.3) is 0 Å². The predicted molar refractivity (Wildman–Crippen MR) is 66.1 cm³/mol. The van der Waals surface area contributed by atoms with Crippen LogP contribution in [0.4, 0.5) is 0 Å². The minimum Gasteiger partial charge on any atom is -0.0625 e. The molecule has 1 aliphatic rings. The topological polar surface area (TPSA) is 0 Å². The molecule has 15 heavy (non-hydrogen) atoms. The van der Waals surface area contributed by atoms with E-state index in [2.05, 4.69) is 45.0 Å². The number of aryl methyl sites for hydroxylation is 1. The fourth-order valence-electron chi connectivity index (χ4n) is 2.89. The molecule has 82 valence electrons. The lowest BCUT2D eigenvalue weighted by Crippen LogP contribution is -2.10. The fourth-order valence-corrected chi connectivity index (χ4v) is 2.89. The Morgan fingerprint density at radius 1 is 1.20 bits per heavy atom. The molecule has 0 bridgehead atoms. The molecule has 0 spiro atoms. The first-order chi connectivity index (χ1) is 7.18. The van der Waals surface area contributed by atoms with Crippen molar-refractivity contribution >= 4 is 0 Å². The summed E-state index contributed by atoms with van der Waals surface area (Å²) in [5.74, 6) is 2.49. The van der Waals surface area contributed by atoms with Gasteiger partial charge in [-0.15, -0.1) is 0 Å². The predicted octanol–water partition coefficient (Wildman–Crippen LogP) is 4.40. The maximum absolute atomic E-state index is 2.39. The minimum atomic E-state index is 0.746. The highest BCUT2D eigenvalue weighted by Crippen LogP contribution is 2.36. The van der Waals surface area contributed by atoms with E-state index in [1.807, 2.05) is 0 Å². The van der Waals surface area contributed by atoms with Crippen molar-refractivity contribution in [3.8, 4) is 0 Å². The summed E-state index contributed by atoms with van der Waals surface area (Å²) in [6.07, 6.45) is 4.02. The standard InChI is InChI=1S/C15H22/c1-11(2)14-9-8-13-6-4-5-7-15(13)12(3)10-14/h4-7,11-12,14H,8-10H2,1-3H3. The van der Waals surface area contributed by atoms with E-state index in [0.717, 1.165) is 17.8 Å². The van der Waals surface area contributed by atoms with E-state index >= 15 is 0 Å². The molecule has 2 atom stereocenters. The van der Waals surface area contributed by atoms with Crippen molar-refractivity contribution in [2.24, 2.45) is 11.8 Å². The van der Waals surface area contributed by atoms with Gasteiger partial charge >= 0.3 is 0 Å². The van der Waals surface area contributed by atoms with Gasteiger partial charge in [0.1, 0.15) is 0 Å². The average Bonchev–Trinajstić information content (AvgIpc) is 2.39. The Morgan fingerprint density at radius 2 is 1.93 bits per heavy atom. The molecule has 0 fully saturated rings. The Labute approximate surface area is 93.7 Å². The normalized spacial score (nSPS) is 26.1. The number of hydrogen-bond acceptors (Lipinski definition) is 0. The fraction of sp³-hybridized carbons (Fsp3) is 0.600. The van der Waals surface area contributed by atoms with Crippen molar-refractivity contribution in [2.75, 3.05) is 0 Å². The summed E-state index contributed by atoms with van der Waals surface area (Å²) in [7, 11) is 0.